The average molecular weight is 322 g/mol. The van der Waals surface area contributed by atoms with E-state index in [1.54, 1.807) is 0 Å². The van der Waals surface area contributed by atoms with Crippen LogP contribution in [-0.4, -0.2) is 43.2 Å². The van der Waals surface area contributed by atoms with E-state index in [-0.39, 0.29) is 17.9 Å². The second kappa shape index (κ2) is 6.75. The molecule has 4 heteroatoms. The molecular weight excluding hydrogens is 300 g/mol. The van der Waals surface area contributed by atoms with Crippen LogP contribution in [0.15, 0.2) is 54.6 Å². The third-order valence-corrected chi connectivity index (χ3v) is 4.93. The van der Waals surface area contributed by atoms with Crippen molar-refractivity contribution in [3.8, 4) is 0 Å². The molecule has 4 nitrogen and oxygen atoms in total. The zero-order valence-electron chi connectivity index (χ0n) is 13.7. The number of nitrogens with one attached hydrogen (secondary N) is 1. The number of fused-ring (bicyclic) bond motifs is 1. The molecule has 4 rings (SSSR count). The van der Waals surface area contributed by atoms with Gasteiger partial charge in [-0.1, -0.05) is 54.6 Å². The number of carbonyl (C=O) groups excluding carboxylic acids is 1. The summed E-state index contributed by atoms with van der Waals surface area (Å²) in [5, 5.41) is 3.28. The fraction of sp³-hybridized carbons (Fsp3) is 0.350. The summed E-state index contributed by atoms with van der Waals surface area (Å²) in [5.41, 5.74) is 3.83. The SMILES string of the molecule is O=C(C1COCCN1)N1Cc2ccccc2C(c2ccccc2)C1. The Morgan fingerprint density at radius 1 is 1.08 bits per heavy atom. The van der Waals surface area contributed by atoms with E-state index in [0.717, 1.165) is 13.1 Å². The summed E-state index contributed by atoms with van der Waals surface area (Å²) < 4.78 is 5.46. The first kappa shape index (κ1) is 15.4. The molecule has 124 valence electrons. The van der Waals surface area contributed by atoms with Crippen molar-refractivity contribution >= 4 is 5.91 Å². The summed E-state index contributed by atoms with van der Waals surface area (Å²) in [7, 11) is 0. The number of hydrogen-bond acceptors (Lipinski definition) is 3. The fourth-order valence-electron chi connectivity index (χ4n) is 3.69. The Kier molecular flexibility index (Phi) is 4.32. The Morgan fingerprint density at radius 3 is 2.67 bits per heavy atom. The van der Waals surface area contributed by atoms with Gasteiger partial charge in [-0.2, -0.15) is 0 Å². The molecule has 2 aliphatic heterocycles. The highest BCUT2D eigenvalue weighted by Gasteiger charge is 2.33. The molecule has 0 aliphatic carbocycles. The van der Waals surface area contributed by atoms with Crippen LogP contribution in [0.3, 0.4) is 0 Å². The summed E-state index contributed by atoms with van der Waals surface area (Å²) in [6, 6.07) is 18.7. The normalized spacial score (nSPS) is 23.6. The van der Waals surface area contributed by atoms with Gasteiger partial charge in [0.2, 0.25) is 5.91 Å². The third kappa shape index (κ3) is 2.95. The maximum Gasteiger partial charge on any atom is 0.242 e. The molecule has 2 aliphatic rings. The van der Waals surface area contributed by atoms with Crippen molar-refractivity contribution in [1.82, 2.24) is 10.2 Å². The van der Waals surface area contributed by atoms with Crippen molar-refractivity contribution in [3.63, 3.8) is 0 Å². The number of nitrogens with zero attached hydrogens (tertiary/aromatic N) is 1. The van der Waals surface area contributed by atoms with E-state index < -0.39 is 0 Å². The maximum atomic E-state index is 12.9. The van der Waals surface area contributed by atoms with Gasteiger partial charge in [0, 0.05) is 25.6 Å². The second-order valence-corrected chi connectivity index (χ2v) is 6.46. The summed E-state index contributed by atoms with van der Waals surface area (Å²) >= 11 is 0. The second-order valence-electron chi connectivity index (χ2n) is 6.46. The minimum absolute atomic E-state index is 0.144. The number of amides is 1. The maximum absolute atomic E-state index is 12.9. The molecule has 0 radical (unpaired) electrons. The Labute approximate surface area is 142 Å². The number of hydrogen-bond donors (Lipinski definition) is 1. The van der Waals surface area contributed by atoms with Crippen LogP contribution in [0.4, 0.5) is 0 Å². The molecule has 1 saturated heterocycles. The van der Waals surface area contributed by atoms with Crippen molar-refractivity contribution < 1.29 is 9.53 Å². The first-order valence-electron chi connectivity index (χ1n) is 8.55. The molecule has 1 N–H and O–H groups in total. The monoisotopic (exact) mass is 322 g/mol. The highest BCUT2D eigenvalue weighted by atomic mass is 16.5. The van der Waals surface area contributed by atoms with Crippen molar-refractivity contribution in [1.29, 1.82) is 0 Å². The lowest BCUT2D eigenvalue weighted by atomic mass is 9.84. The van der Waals surface area contributed by atoms with Crippen LogP contribution >= 0.6 is 0 Å². The number of morpholine rings is 1. The quantitative estimate of drug-likeness (QED) is 0.921. The van der Waals surface area contributed by atoms with Crippen LogP contribution in [0, 0.1) is 0 Å². The van der Waals surface area contributed by atoms with Gasteiger partial charge < -0.3 is 15.0 Å². The lowest BCUT2D eigenvalue weighted by Crippen LogP contribution is -2.53. The van der Waals surface area contributed by atoms with Crippen molar-refractivity contribution in [2.24, 2.45) is 0 Å². The van der Waals surface area contributed by atoms with Gasteiger partial charge in [-0.3, -0.25) is 4.79 Å². The van der Waals surface area contributed by atoms with E-state index in [9.17, 15) is 4.79 Å². The smallest absolute Gasteiger partial charge is 0.242 e. The molecule has 2 aromatic carbocycles. The molecule has 2 heterocycles. The van der Waals surface area contributed by atoms with Crippen LogP contribution in [0.25, 0.3) is 0 Å². The molecule has 24 heavy (non-hydrogen) atoms. The van der Waals surface area contributed by atoms with Gasteiger partial charge in [-0.25, -0.2) is 0 Å². The van der Waals surface area contributed by atoms with Crippen LogP contribution in [-0.2, 0) is 16.1 Å². The Bertz CT molecular complexity index is 711. The van der Waals surface area contributed by atoms with Crippen molar-refractivity contribution in [2.45, 2.75) is 18.5 Å². The predicted octanol–water partition coefficient (Wildman–Crippen LogP) is 2.15. The largest absolute Gasteiger partial charge is 0.378 e. The van der Waals surface area contributed by atoms with Crippen LogP contribution in [0.5, 0.6) is 0 Å². The van der Waals surface area contributed by atoms with Gasteiger partial charge in [0.1, 0.15) is 6.04 Å². The van der Waals surface area contributed by atoms with Crippen molar-refractivity contribution in [2.75, 3.05) is 26.3 Å². The van der Waals surface area contributed by atoms with Crippen molar-refractivity contribution in [3.05, 3.63) is 71.3 Å². The first-order chi connectivity index (χ1) is 11.8. The zero-order chi connectivity index (χ0) is 16.4. The van der Waals surface area contributed by atoms with E-state index in [1.165, 1.54) is 16.7 Å². The number of ether oxygens (including phenoxy) is 1. The van der Waals surface area contributed by atoms with Crippen LogP contribution in [0.1, 0.15) is 22.6 Å². The molecule has 0 saturated carbocycles. The van der Waals surface area contributed by atoms with Gasteiger partial charge >= 0.3 is 0 Å². The molecule has 1 amide bonds. The fourth-order valence-corrected chi connectivity index (χ4v) is 3.69. The molecule has 2 unspecified atom stereocenters. The predicted molar refractivity (Wildman–Crippen MR) is 92.8 cm³/mol. The van der Waals surface area contributed by atoms with Gasteiger partial charge in [-0.05, 0) is 16.7 Å². The Hall–Kier alpha value is -2.17. The Morgan fingerprint density at radius 2 is 1.88 bits per heavy atom. The summed E-state index contributed by atoms with van der Waals surface area (Å²) in [5.74, 6) is 0.370. The highest BCUT2D eigenvalue weighted by molar-refractivity contribution is 5.82. The van der Waals surface area contributed by atoms with Gasteiger partial charge in [0.25, 0.3) is 0 Å². The van der Waals surface area contributed by atoms with E-state index in [0.29, 0.717) is 19.8 Å². The topological polar surface area (TPSA) is 41.6 Å². The molecule has 1 fully saturated rings. The average Bonchev–Trinajstić information content (AvgIpc) is 2.68. The number of rotatable bonds is 2. The standard InChI is InChI=1S/C20H22N2O2/c23-20(19-14-24-11-10-21-19)22-12-16-8-4-5-9-17(16)18(13-22)15-6-2-1-3-7-15/h1-9,18-19,21H,10-14H2. The minimum Gasteiger partial charge on any atom is -0.378 e. The molecule has 2 atom stereocenters. The molecule has 0 spiro atoms. The summed E-state index contributed by atoms with van der Waals surface area (Å²) in [6.45, 7) is 3.28. The third-order valence-electron chi connectivity index (χ3n) is 4.93. The van der Waals surface area contributed by atoms with E-state index in [2.05, 4.69) is 53.8 Å². The van der Waals surface area contributed by atoms with Gasteiger partial charge in [-0.15, -0.1) is 0 Å². The zero-order valence-corrected chi connectivity index (χ0v) is 13.7. The van der Waals surface area contributed by atoms with E-state index in [4.69, 9.17) is 4.74 Å². The lowest BCUT2D eigenvalue weighted by molar-refractivity contribution is -0.137. The van der Waals surface area contributed by atoms with Gasteiger partial charge in [0.15, 0.2) is 0 Å². The summed E-state index contributed by atoms with van der Waals surface area (Å²) in [4.78, 5) is 14.9. The van der Waals surface area contributed by atoms with Crippen LogP contribution in [0.2, 0.25) is 0 Å². The minimum atomic E-state index is -0.222. The molecule has 2 aromatic rings. The van der Waals surface area contributed by atoms with E-state index in [1.807, 2.05) is 11.0 Å². The lowest BCUT2D eigenvalue weighted by Gasteiger charge is -2.37. The molecule has 0 aromatic heterocycles. The highest BCUT2D eigenvalue weighted by Crippen LogP contribution is 2.33. The Balaban J connectivity index is 1.64. The van der Waals surface area contributed by atoms with E-state index >= 15 is 0 Å². The van der Waals surface area contributed by atoms with Gasteiger partial charge in [0.05, 0.1) is 13.2 Å². The first-order valence-corrected chi connectivity index (χ1v) is 8.55. The number of benzene rings is 2. The number of carbonyl (C=O) groups is 1. The summed E-state index contributed by atoms with van der Waals surface area (Å²) in [6.07, 6.45) is 0. The molecule has 0 bridgehead atoms. The van der Waals surface area contributed by atoms with Crippen LogP contribution < -0.4 is 5.32 Å². The molecular formula is C20H22N2O2.